The summed E-state index contributed by atoms with van der Waals surface area (Å²) in [6, 6.07) is 10.1. The first kappa shape index (κ1) is 10.3. The average Bonchev–Trinajstić information content (AvgIpc) is 2.15. The Morgan fingerprint density at radius 2 is 1.85 bits per heavy atom. The monoisotopic (exact) mass is 177 g/mol. The molecule has 0 heterocycles. The molecular formula is C12H17O. The molecule has 0 aliphatic carbocycles. The van der Waals surface area contributed by atoms with E-state index < -0.39 is 6.10 Å². The summed E-state index contributed by atoms with van der Waals surface area (Å²) in [7, 11) is 0. The minimum atomic E-state index is -0.498. The molecule has 0 spiro atoms. The van der Waals surface area contributed by atoms with Crippen molar-refractivity contribution in [2.45, 2.75) is 38.7 Å². The molecule has 0 N–H and O–H groups in total. The molecule has 0 aromatic heterocycles. The lowest BCUT2D eigenvalue weighted by Crippen LogP contribution is -2.12. The molecule has 1 rings (SSSR count). The van der Waals surface area contributed by atoms with Crippen molar-refractivity contribution in [3.63, 3.8) is 0 Å². The van der Waals surface area contributed by atoms with Crippen LogP contribution in [0.1, 0.15) is 38.2 Å². The maximum absolute atomic E-state index is 11.4. The lowest BCUT2D eigenvalue weighted by molar-refractivity contribution is 0.0769. The van der Waals surface area contributed by atoms with E-state index in [1.165, 1.54) is 5.56 Å². The SMILES string of the molecule is CCCC(c1ccccc1)C(C)[O]. The highest BCUT2D eigenvalue weighted by Crippen LogP contribution is 2.24. The maximum Gasteiger partial charge on any atom is 0.0970 e. The Labute approximate surface area is 80.4 Å². The predicted octanol–water partition coefficient (Wildman–Crippen LogP) is 3.39. The van der Waals surface area contributed by atoms with Gasteiger partial charge in [0.2, 0.25) is 0 Å². The lowest BCUT2D eigenvalue weighted by atomic mass is 9.90. The fourth-order valence-corrected chi connectivity index (χ4v) is 1.68. The van der Waals surface area contributed by atoms with E-state index in [9.17, 15) is 5.11 Å². The Morgan fingerprint density at radius 3 is 2.31 bits per heavy atom. The molecule has 1 radical (unpaired) electrons. The van der Waals surface area contributed by atoms with Crippen molar-refractivity contribution < 1.29 is 5.11 Å². The van der Waals surface area contributed by atoms with Crippen LogP contribution in [-0.2, 0) is 5.11 Å². The van der Waals surface area contributed by atoms with Crippen molar-refractivity contribution in [2.24, 2.45) is 0 Å². The Hall–Kier alpha value is -0.820. The van der Waals surface area contributed by atoms with Crippen LogP contribution in [0.2, 0.25) is 0 Å². The Bertz CT molecular complexity index is 228. The highest BCUT2D eigenvalue weighted by atomic mass is 16.3. The number of hydrogen-bond donors (Lipinski definition) is 0. The number of rotatable bonds is 4. The molecule has 0 saturated heterocycles. The summed E-state index contributed by atoms with van der Waals surface area (Å²) < 4.78 is 0. The van der Waals surface area contributed by atoms with Crippen LogP contribution >= 0.6 is 0 Å². The third-order valence-electron chi connectivity index (χ3n) is 2.39. The molecule has 0 bridgehead atoms. The molecule has 0 saturated carbocycles. The first-order chi connectivity index (χ1) is 6.25. The zero-order chi connectivity index (χ0) is 9.68. The zero-order valence-electron chi connectivity index (χ0n) is 8.36. The summed E-state index contributed by atoms with van der Waals surface area (Å²) in [5.41, 5.74) is 1.19. The molecule has 1 aromatic rings. The molecule has 2 atom stereocenters. The second-order valence-electron chi connectivity index (χ2n) is 3.51. The van der Waals surface area contributed by atoms with Gasteiger partial charge in [0.1, 0.15) is 0 Å². The normalized spacial score (nSPS) is 15.3. The first-order valence-corrected chi connectivity index (χ1v) is 4.96. The molecule has 1 heteroatoms. The third-order valence-corrected chi connectivity index (χ3v) is 2.39. The largest absolute Gasteiger partial charge is 0.233 e. The number of benzene rings is 1. The highest BCUT2D eigenvalue weighted by Gasteiger charge is 2.16. The van der Waals surface area contributed by atoms with E-state index in [0.29, 0.717) is 0 Å². The number of hydrogen-bond acceptors (Lipinski definition) is 0. The van der Waals surface area contributed by atoms with Gasteiger partial charge < -0.3 is 0 Å². The van der Waals surface area contributed by atoms with Crippen molar-refractivity contribution in [2.75, 3.05) is 0 Å². The smallest absolute Gasteiger partial charge is 0.0970 e. The molecule has 71 valence electrons. The second kappa shape index (κ2) is 5.03. The van der Waals surface area contributed by atoms with E-state index in [1.807, 2.05) is 18.2 Å². The quantitative estimate of drug-likeness (QED) is 0.672. The zero-order valence-corrected chi connectivity index (χ0v) is 8.36. The van der Waals surface area contributed by atoms with Crippen molar-refractivity contribution >= 4 is 0 Å². The van der Waals surface area contributed by atoms with Crippen LogP contribution in [0.5, 0.6) is 0 Å². The van der Waals surface area contributed by atoms with Gasteiger partial charge in [0.05, 0.1) is 6.10 Å². The summed E-state index contributed by atoms with van der Waals surface area (Å²) in [4.78, 5) is 0. The van der Waals surface area contributed by atoms with Crippen LogP contribution in [-0.4, -0.2) is 6.10 Å². The van der Waals surface area contributed by atoms with Crippen LogP contribution in [0.25, 0.3) is 0 Å². The summed E-state index contributed by atoms with van der Waals surface area (Å²) >= 11 is 0. The van der Waals surface area contributed by atoms with Gasteiger partial charge in [-0.25, -0.2) is 5.11 Å². The van der Waals surface area contributed by atoms with Crippen molar-refractivity contribution in [3.05, 3.63) is 35.9 Å². The lowest BCUT2D eigenvalue weighted by Gasteiger charge is -2.17. The fraction of sp³-hybridized carbons (Fsp3) is 0.500. The van der Waals surface area contributed by atoms with Crippen LogP contribution < -0.4 is 0 Å². The van der Waals surface area contributed by atoms with Crippen LogP contribution in [0.15, 0.2) is 30.3 Å². The first-order valence-electron chi connectivity index (χ1n) is 4.96. The topological polar surface area (TPSA) is 19.9 Å². The third kappa shape index (κ3) is 2.85. The van der Waals surface area contributed by atoms with E-state index in [2.05, 4.69) is 19.1 Å². The standard InChI is InChI=1S/C12H17O/c1-3-7-12(10(2)13)11-8-5-4-6-9-11/h4-6,8-10,12H,3,7H2,1-2H3. The van der Waals surface area contributed by atoms with Crippen LogP contribution in [0.3, 0.4) is 0 Å². The predicted molar refractivity (Wildman–Crippen MR) is 54.2 cm³/mol. The summed E-state index contributed by atoms with van der Waals surface area (Å²) in [6.07, 6.45) is 1.57. The van der Waals surface area contributed by atoms with E-state index >= 15 is 0 Å². The molecule has 0 amide bonds. The summed E-state index contributed by atoms with van der Waals surface area (Å²) in [5.74, 6) is 0.186. The minimum absolute atomic E-state index is 0.186. The summed E-state index contributed by atoms with van der Waals surface area (Å²) in [6.45, 7) is 3.88. The van der Waals surface area contributed by atoms with Crippen molar-refractivity contribution in [1.82, 2.24) is 0 Å². The van der Waals surface area contributed by atoms with Gasteiger partial charge in [0, 0.05) is 5.92 Å². The van der Waals surface area contributed by atoms with E-state index in [4.69, 9.17) is 0 Å². The molecule has 2 unspecified atom stereocenters. The van der Waals surface area contributed by atoms with Gasteiger partial charge >= 0.3 is 0 Å². The van der Waals surface area contributed by atoms with Crippen molar-refractivity contribution in [1.29, 1.82) is 0 Å². The molecule has 1 aromatic carbocycles. The Kier molecular flexibility index (Phi) is 3.97. The molecule has 0 aliphatic heterocycles. The fourth-order valence-electron chi connectivity index (χ4n) is 1.68. The molecule has 0 aliphatic rings. The van der Waals surface area contributed by atoms with Crippen LogP contribution in [0.4, 0.5) is 0 Å². The van der Waals surface area contributed by atoms with E-state index in [0.717, 1.165) is 12.8 Å². The minimum Gasteiger partial charge on any atom is -0.233 e. The van der Waals surface area contributed by atoms with Gasteiger partial charge in [-0.2, -0.15) is 0 Å². The molecule has 1 nitrogen and oxygen atoms in total. The molecule has 13 heavy (non-hydrogen) atoms. The van der Waals surface area contributed by atoms with Crippen molar-refractivity contribution in [3.8, 4) is 0 Å². The van der Waals surface area contributed by atoms with Gasteiger partial charge in [0.15, 0.2) is 0 Å². The van der Waals surface area contributed by atoms with Gasteiger partial charge in [-0.1, -0.05) is 43.7 Å². The van der Waals surface area contributed by atoms with E-state index in [-0.39, 0.29) is 5.92 Å². The van der Waals surface area contributed by atoms with Gasteiger partial charge in [0.25, 0.3) is 0 Å². The van der Waals surface area contributed by atoms with Crippen LogP contribution in [0, 0.1) is 0 Å². The Balaban J connectivity index is 2.76. The second-order valence-corrected chi connectivity index (χ2v) is 3.51. The average molecular weight is 177 g/mol. The maximum atomic E-state index is 11.4. The summed E-state index contributed by atoms with van der Waals surface area (Å²) in [5, 5.41) is 11.4. The van der Waals surface area contributed by atoms with Gasteiger partial charge in [-0.15, -0.1) is 0 Å². The molecule has 0 fully saturated rings. The highest BCUT2D eigenvalue weighted by molar-refractivity contribution is 5.20. The molecular weight excluding hydrogens is 160 g/mol. The van der Waals surface area contributed by atoms with Gasteiger partial charge in [-0.3, -0.25) is 0 Å². The van der Waals surface area contributed by atoms with Gasteiger partial charge in [-0.05, 0) is 18.9 Å². The van der Waals surface area contributed by atoms with E-state index in [1.54, 1.807) is 6.92 Å². The Morgan fingerprint density at radius 1 is 1.23 bits per heavy atom.